The average Bonchev–Trinajstić information content (AvgIpc) is 3.65. The quantitative estimate of drug-likeness (QED) is 0.273. The maximum Gasteiger partial charge on any atom is 0.247 e. The van der Waals surface area contributed by atoms with Crippen molar-refractivity contribution >= 4 is 34.2 Å². The van der Waals surface area contributed by atoms with Gasteiger partial charge in [-0.1, -0.05) is 66.7 Å². The van der Waals surface area contributed by atoms with Gasteiger partial charge in [0.15, 0.2) is 23.3 Å². The Bertz CT molecular complexity index is 1970. The zero-order chi connectivity index (χ0) is 30.2. The van der Waals surface area contributed by atoms with Crippen LogP contribution in [0.4, 0.5) is 11.5 Å². The van der Waals surface area contributed by atoms with Gasteiger partial charge in [-0.15, -0.1) is 10.2 Å². The lowest BCUT2D eigenvalue weighted by atomic mass is 9.96. The Morgan fingerprint density at radius 3 is 2.32 bits per heavy atom. The number of hydrogen-bond acceptors (Lipinski definition) is 6. The van der Waals surface area contributed by atoms with E-state index in [9.17, 15) is 9.59 Å². The van der Waals surface area contributed by atoms with E-state index in [4.69, 9.17) is 0 Å². The third kappa shape index (κ3) is 4.70. The maximum atomic E-state index is 14.7. The standard InChI is InChI=1S/C34H30N8O2/c1-22(2)41(25-13-7-4-8-14-25)29(43)21-40-32-33(36-18-17-35-32)42-30(23-11-5-3-6-12-23)38-39-31(42)27(34(40)44)19-24-20-37-28-16-10-9-15-26(24)28/h3-18,20,22,27,37H,19,21H2,1-2H3. The van der Waals surface area contributed by atoms with Gasteiger partial charge in [0.2, 0.25) is 11.8 Å². The molecule has 7 rings (SSSR count). The number of nitrogens with one attached hydrogen (secondary N) is 1. The molecule has 0 saturated heterocycles. The molecule has 3 aromatic carbocycles. The fraction of sp³-hybridized carbons (Fsp3) is 0.176. The van der Waals surface area contributed by atoms with Crippen molar-refractivity contribution in [1.29, 1.82) is 0 Å². The van der Waals surface area contributed by atoms with E-state index >= 15 is 0 Å². The van der Waals surface area contributed by atoms with Crippen LogP contribution in [0.25, 0.3) is 28.1 Å². The van der Waals surface area contributed by atoms with Crippen molar-refractivity contribution in [2.45, 2.75) is 32.2 Å². The molecule has 1 atom stereocenters. The van der Waals surface area contributed by atoms with Gasteiger partial charge < -0.3 is 9.88 Å². The third-order valence-electron chi connectivity index (χ3n) is 7.94. The van der Waals surface area contributed by atoms with Gasteiger partial charge in [-0.2, -0.15) is 0 Å². The second-order valence-electron chi connectivity index (χ2n) is 11.0. The van der Waals surface area contributed by atoms with Crippen molar-refractivity contribution in [2.24, 2.45) is 0 Å². The highest BCUT2D eigenvalue weighted by Gasteiger charge is 2.40. The van der Waals surface area contributed by atoms with Gasteiger partial charge in [0.05, 0.1) is 0 Å². The fourth-order valence-corrected chi connectivity index (χ4v) is 5.96. The minimum absolute atomic E-state index is 0.139. The number of benzene rings is 3. The normalized spacial score (nSPS) is 14.4. The highest BCUT2D eigenvalue weighted by atomic mass is 16.2. The van der Waals surface area contributed by atoms with Crippen LogP contribution in [0.1, 0.15) is 31.2 Å². The number of rotatable bonds is 7. The second-order valence-corrected chi connectivity index (χ2v) is 11.0. The Hall–Kier alpha value is -5.64. The van der Waals surface area contributed by atoms with E-state index in [1.807, 2.05) is 110 Å². The van der Waals surface area contributed by atoms with Crippen LogP contribution in [0.3, 0.4) is 0 Å². The van der Waals surface area contributed by atoms with Crippen LogP contribution in [0.15, 0.2) is 104 Å². The van der Waals surface area contributed by atoms with E-state index in [2.05, 4.69) is 25.1 Å². The molecular weight excluding hydrogens is 552 g/mol. The average molecular weight is 583 g/mol. The lowest BCUT2D eigenvalue weighted by Crippen LogP contribution is -2.47. The summed E-state index contributed by atoms with van der Waals surface area (Å²) in [5.74, 6) is 0.356. The summed E-state index contributed by atoms with van der Waals surface area (Å²) in [5, 5.41) is 10.2. The molecule has 1 aliphatic rings. The number of nitrogens with zero attached hydrogens (tertiary/aromatic N) is 7. The molecule has 0 bridgehead atoms. The molecule has 0 radical (unpaired) electrons. The summed E-state index contributed by atoms with van der Waals surface area (Å²) in [6.45, 7) is 3.69. The van der Waals surface area contributed by atoms with E-state index in [0.717, 1.165) is 27.7 Å². The van der Waals surface area contributed by atoms with Crippen LogP contribution in [0.5, 0.6) is 0 Å². The summed E-state index contributed by atoms with van der Waals surface area (Å²) < 4.78 is 1.82. The van der Waals surface area contributed by atoms with Crippen molar-refractivity contribution < 1.29 is 9.59 Å². The Balaban J connectivity index is 1.38. The van der Waals surface area contributed by atoms with Gasteiger partial charge >= 0.3 is 0 Å². The highest BCUT2D eigenvalue weighted by molar-refractivity contribution is 6.07. The molecule has 0 spiro atoms. The number of aromatic amines is 1. The Labute approximate surface area is 254 Å². The van der Waals surface area contributed by atoms with Crippen LogP contribution in [-0.2, 0) is 16.0 Å². The summed E-state index contributed by atoms with van der Waals surface area (Å²) in [4.78, 5) is 44.6. The molecule has 10 heteroatoms. The highest BCUT2D eigenvalue weighted by Crippen LogP contribution is 2.37. The Morgan fingerprint density at radius 1 is 0.886 bits per heavy atom. The molecule has 44 heavy (non-hydrogen) atoms. The zero-order valence-electron chi connectivity index (χ0n) is 24.3. The van der Waals surface area contributed by atoms with Gasteiger partial charge in [-0.25, -0.2) is 9.97 Å². The number of fused-ring (bicyclic) bond motifs is 4. The smallest absolute Gasteiger partial charge is 0.247 e. The van der Waals surface area contributed by atoms with Crippen LogP contribution < -0.4 is 9.80 Å². The van der Waals surface area contributed by atoms with Crippen molar-refractivity contribution in [3.8, 4) is 17.2 Å². The molecule has 0 saturated carbocycles. The molecular formula is C34H30N8O2. The molecule has 10 nitrogen and oxygen atoms in total. The Morgan fingerprint density at radius 2 is 1.57 bits per heavy atom. The largest absolute Gasteiger partial charge is 0.361 e. The number of amides is 2. The molecule has 1 unspecified atom stereocenters. The van der Waals surface area contributed by atoms with Gasteiger partial charge in [0.25, 0.3) is 0 Å². The molecule has 2 amide bonds. The van der Waals surface area contributed by atoms with Crippen LogP contribution >= 0.6 is 0 Å². The summed E-state index contributed by atoms with van der Waals surface area (Å²) in [6.07, 6.45) is 5.37. The summed E-state index contributed by atoms with van der Waals surface area (Å²) >= 11 is 0. The zero-order valence-corrected chi connectivity index (χ0v) is 24.3. The number of para-hydroxylation sites is 2. The molecule has 4 heterocycles. The summed E-state index contributed by atoms with van der Waals surface area (Å²) in [5.41, 5.74) is 3.51. The second kappa shape index (κ2) is 11.2. The topological polar surface area (TPSA) is 113 Å². The number of H-pyrrole nitrogens is 1. The summed E-state index contributed by atoms with van der Waals surface area (Å²) in [7, 11) is 0. The monoisotopic (exact) mass is 582 g/mol. The van der Waals surface area contributed by atoms with Gasteiger partial charge in [0.1, 0.15) is 12.5 Å². The van der Waals surface area contributed by atoms with Gasteiger partial charge in [0, 0.05) is 46.8 Å². The SMILES string of the molecule is CC(C)N(C(=O)CN1C(=O)C(Cc2c[nH]c3ccccc23)c2nnc(-c3ccccc3)n2-c2nccnc21)c1ccccc1. The minimum Gasteiger partial charge on any atom is -0.361 e. The molecule has 0 aliphatic carbocycles. The van der Waals surface area contributed by atoms with E-state index in [1.54, 1.807) is 11.1 Å². The molecule has 218 valence electrons. The van der Waals surface area contributed by atoms with Crippen LogP contribution in [-0.4, -0.2) is 54.1 Å². The number of anilines is 2. The van der Waals surface area contributed by atoms with Crippen LogP contribution in [0.2, 0.25) is 0 Å². The minimum atomic E-state index is -0.771. The van der Waals surface area contributed by atoms with E-state index in [-0.39, 0.29) is 30.2 Å². The van der Waals surface area contributed by atoms with E-state index in [0.29, 0.717) is 23.9 Å². The van der Waals surface area contributed by atoms with Gasteiger partial charge in [-0.3, -0.25) is 19.1 Å². The van der Waals surface area contributed by atoms with Crippen LogP contribution in [0, 0.1) is 0 Å². The van der Waals surface area contributed by atoms with Crippen molar-refractivity contribution in [3.63, 3.8) is 0 Å². The predicted octanol–water partition coefficient (Wildman–Crippen LogP) is 5.32. The molecule has 3 aromatic heterocycles. The lowest BCUT2D eigenvalue weighted by Gasteiger charge is -2.30. The first kappa shape index (κ1) is 27.2. The molecule has 6 aromatic rings. The molecule has 1 N–H and O–H groups in total. The third-order valence-corrected chi connectivity index (χ3v) is 7.94. The lowest BCUT2D eigenvalue weighted by molar-refractivity contribution is -0.123. The van der Waals surface area contributed by atoms with Gasteiger partial charge in [-0.05, 0) is 44.0 Å². The first-order valence-corrected chi connectivity index (χ1v) is 14.6. The predicted molar refractivity (Wildman–Crippen MR) is 169 cm³/mol. The number of aromatic nitrogens is 6. The Kier molecular flexibility index (Phi) is 6.94. The van der Waals surface area contributed by atoms with Crippen molar-refractivity contribution in [1.82, 2.24) is 29.7 Å². The first-order chi connectivity index (χ1) is 21.5. The number of hydrogen-bond donors (Lipinski definition) is 1. The van der Waals surface area contributed by atoms with Crippen molar-refractivity contribution in [2.75, 3.05) is 16.3 Å². The van der Waals surface area contributed by atoms with Crippen molar-refractivity contribution in [3.05, 3.63) is 115 Å². The first-order valence-electron chi connectivity index (χ1n) is 14.6. The summed E-state index contributed by atoms with van der Waals surface area (Å²) in [6, 6.07) is 27.0. The molecule has 0 fully saturated rings. The number of carbonyl (C=O) groups is 2. The fourth-order valence-electron chi connectivity index (χ4n) is 5.96. The maximum absolute atomic E-state index is 14.7. The number of carbonyl (C=O) groups excluding carboxylic acids is 2. The van der Waals surface area contributed by atoms with E-state index < -0.39 is 5.92 Å². The molecule has 1 aliphatic heterocycles. The van der Waals surface area contributed by atoms with E-state index in [1.165, 1.54) is 11.1 Å².